The Morgan fingerprint density at radius 1 is 1.79 bits per heavy atom. The fourth-order valence-electron chi connectivity index (χ4n) is 1.59. The lowest BCUT2D eigenvalue weighted by atomic mass is 9.95. The summed E-state index contributed by atoms with van der Waals surface area (Å²) in [6.07, 6.45) is 1.65. The lowest BCUT2D eigenvalue weighted by Gasteiger charge is -2.46. The summed E-state index contributed by atoms with van der Waals surface area (Å²) in [5.74, 6) is -0.0135. The van der Waals surface area contributed by atoms with Gasteiger partial charge in [0.2, 0.25) is 5.91 Å². The van der Waals surface area contributed by atoms with Gasteiger partial charge in [0, 0.05) is 19.6 Å². The van der Waals surface area contributed by atoms with E-state index in [2.05, 4.69) is 11.9 Å². The molecule has 1 unspecified atom stereocenters. The first kappa shape index (κ1) is 11.2. The SMILES string of the molecule is C=CCNC(=O)C(C)N1CC(C)(O)C1. The second-order valence-corrected chi connectivity index (χ2v) is 4.11. The van der Waals surface area contributed by atoms with Crippen LogP contribution in [0.4, 0.5) is 0 Å². The van der Waals surface area contributed by atoms with Crippen LogP contribution >= 0.6 is 0 Å². The van der Waals surface area contributed by atoms with Crippen molar-refractivity contribution < 1.29 is 9.90 Å². The quantitative estimate of drug-likeness (QED) is 0.612. The maximum absolute atomic E-state index is 11.5. The molecule has 0 saturated carbocycles. The summed E-state index contributed by atoms with van der Waals surface area (Å²) < 4.78 is 0. The fourth-order valence-corrected chi connectivity index (χ4v) is 1.59. The molecule has 0 aromatic carbocycles. The molecule has 0 radical (unpaired) electrons. The molecular weight excluding hydrogens is 180 g/mol. The molecule has 1 rings (SSSR count). The van der Waals surface area contributed by atoms with E-state index in [1.165, 1.54) is 0 Å². The topological polar surface area (TPSA) is 52.6 Å². The molecule has 0 aromatic heterocycles. The minimum absolute atomic E-state index is 0.0135. The van der Waals surface area contributed by atoms with Gasteiger partial charge in [-0.1, -0.05) is 6.08 Å². The Balaban J connectivity index is 2.32. The van der Waals surface area contributed by atoms with E-state index in [-0.39, 0.29) is 11.9 Å². The molecule has 80 valence electrons. The Kier molecular flexibility index (Phi) is 3.29. The lowest BCUT2D eigenvalue weighted by Crippen LogP contribution is -2.64. The van der Waals surface area contributed by atoms with Crippen LogP contribution in [0.1, 0.15) is 13.8 Å². The van der Waals surface area contributed by atoms with Gasteiger partial charge in [0.1, 0.15) is 0 Å². The van der Waals surface area contributed by atoms with Crippen molar-refractivity contribution in [1.29, 1.82) is 0 Å². The van der Waals surface area contributed by atoms with E-state index in [0.717, 1.165) is 0 Å². The second kappa shape index (κ2) is 4.11. The molecule has 1 saturated heterocycles. The van der Waals surface area contributed by atoms with Gasteiger partial charge < -0.3 is 10.4 Å². The molecule has 14 heavy (non-hydrogen) atoms. The molecule has 4 heteroatoms. The Morgan fingerprint density at radius 2 is 2.36 bits per heavy atom. The lowest BCUT2D eigenvalue weighted by molar-refractivity contribution is -0.138. The van der Waals surface area contributed by atoms with Crippen molar-refractivity contribution in [2.24, 2.45) is 0 Å². The Hall–Kier alpha value is -0.870. The Morgan fingerprint density at radius 3 is 2.79 bits per heavy atom. The number of nitrogens with zero attached hydrogens (tertiary/aromatic N) is 1. The molecule has 4 nitrogen and oxygen atoms in total. The van der Waals surface area contributed by atoms with Gasteiger partial charge in [-0.15, -0.1) is 6.58 Å². The van der Waals surface area contributed by atoms with Crippen LogP contribution in [0.15, 0.2) is 12.7 Å². The first-order valence-electron chi connectivity index (χ1n) is 4.81. The standard InChI is InChI=1S/C10H18N2O2/c1-4-5-11-9(13)8(2)12-6-10(3,14)7-12/h4,8,14H,1,5-7H2,2-3H3,(H,11,13). The second-order valence-electron chi connectivity index (χ2n) is 4.11. The zero-order valence-corrected chi connectivity index (χ0v) is 8.79. The van der Waals surface area contributed by atoms with Crippen molar-refractivity contribution in [1.82, 2.24) is 10.2 Å². The third-order valence-electron chi connectivity index (χ3n) is 2.44. The molecule has 0 aliphatic carbocycles. The number of hydrogen-bond acceptors (Lipinski definition) is 3. The predicted molar refractivity (Wildman–Crippen MR) is 54.9 cm³/mol. The molecule has 1 aliphatic heterocycles. The van der Waals surface area contributed by atoms with E-state index in [4.69, 9.17) is 0 Å². The summed E-state index contributed by atoms with van der Waals surface area (Å²) in [4.78, 5) is 13.4. The van der Waals surface area contributed by atoms with Crippen molar-refractivity contribution in [3.8, 4) is 0 Å². The van der Waals surface area contributed by atoms with Gasteiger partial charge in [-0.2, -0.15) is 0 Å². The number of carbonyl (C=O) groups is 1. The molecule has 2 N–H and O–H groups in total. The monoisotopic (exact) mass is 198 g/mol. The van der Waals surface area contributed by atoms with Crippen LogP contribution in [-0.2, 0) is 4.79 Å². The summed E-state index contributed by atoms with van der Waals surface area (Å²) in [6, 6.07) is -0.171. The van der Waals surface area contributed by atoms with E-state index in [0.29, 0.717) is 19.6 Å². The number of likely N-dealkylation sites (tertiary alicyclic amines) is 1. The van der Waals surface area contributed by atoms with Crippen LogP contribution in [0, 0.1) is 0 Å². The normalized spacial score (nSPS) is 22.2. The zero-order valence-electron chi connectivity index (χ0n) is 8.79. The highest BCUT2D eigenvalue weighted by atomic mass is 16.3. The zero-order chi connectivity index (χ0) is 10.8. The van der Waals surface area contributed by atoms with Gasteiger partial charge in [0.15, 0.2) is 0 Å². The van der Waals surface area contributed by atoms with Crippen molar-refractivity contribution in [2.75, 3.05) is 19.6 Å². The van der Waals surface area contributed by atoms with Gasteiger partial charge in [0.25, 0.3) is 0 Å². The predicted octanol–water partition coefficient (Wildman–Crippen LogP) is -0.256. The molecule has 1 amide bonds. The Bertz CT molecular complexity index is 230. The molecule has 1 atom stereocenters. The molecule has 0 spiro atoms. The summed E-state index contributed by atoms with van der Waals surface area (Å²) in [6.45, 7) is 8.77. The molecular formula is C10H18N2O2. The summed E-state index contributed by atoms with van der Waals surface area (Å²) >= 11 is 0. The third-order valence-corrected chi connectivity index (χ3v) is 2.44. The average Bonchev–Trinajstić information content (AvgIpc) is 2.08. The number of β-amino-alcohol motifs (C(OH)–C–C–N with tert-alkyl or cyclic N) is 1. The van der Waals surface area contributed by atoms with Gasteiger partial charge in [-0.25, -0.2) is 0 Å². The van der Waals surface area contributed by atoms with Gasteiger partial charge >= 0.3 is 0 Å². The van der Waals surface area contributed by atoms with Crippen LogP contribution in [-0.4, -0.2) is 47.2 Å². The van der Waals surface area contributed by atoms with Crippen molar-refractivity contribution in [2.45, 2.75) is 25.5 Å². The highest BCUT2D eigenvalue weighted by molar-refractivity contribution is 5.81. The van der Waals surface area contributed by atoms with E-state index in [1.54, 1.807) is 13.0 Å². The number of amides is 1. The van der Waals surface area contributed by atoms with Crippen LogP contribution in [0.2, 0.25) is 0 Å². The van der Waals surface area contributed by atoms with E-state index in [1.807, 2.05) is 11.8 Å². The number of hydrogen-bond donors (Lipinski definition) is 2. The fraction of sp³-hybridized carbons (Fsp3) is 0.700. The summed E-state index contributed by atoms with van der Waals surface area (Å²) in [5, 5.41) is 12.2. The van der Waals surface area contributed by atoms with Crippen molar-refractivity contribution in [3.63, 3.8) is 0 Å². The number of carbonyl (C=O) groups excluding carboxylic acids is 1. The summed E-state index contributed by atoms with van der Waals surface area (Å²) in [5.41, 5.74) is -0.618. The van der Waals surface area contributed by atoms with Gasteiger partial charge in [0.05, 0.1) is 11.6 Å². The maximum atomic E-state index is 11.5. The first-order valence-corrected chi connectivity index (χ1v) is 4.81. The highest BCUT2D eigenvalue weighted by Gasteiger charge is 2.40. The van der Waals surface area contributed by atoms with Crippen molar-refractivity contribution in [3.05, 3.63) is 12.7 Å². The summed E-state index contributed by atoms with van der Waals surface area (Å²) in [7, 11) is 0. The molecule has 1 heterocycles. The van der Waals surface area contributed by atoms with Crippen LogP contribution in [0.25, 0.3) is 0 Å². The number of rotatable bonds is 4. The molecule has 1 aliphatic rings. The van der Waals surface area contributed by atoms with E-state index < -0.39 is 5.60 Å². The highest BCUT2D eigenvalue weighted by Crippen LogP contribution is 2.21. The first-order chi connectivity index (χ1) is 6.46. The smallest absolute Gasteiger partial charge is 0.237 e. The van der Waals surface area contributed by atoms with E-state index >= 15 is 0 Å². The molecule has 0 bridgehead atoms. The third kappa shape index (κ3) is 2.56. The Labute approximate surface area is 84.6 Å². The number of aliphatic hydroxyl groups is 1. The minimum atomic E-state index is -0.618. The van der Waals surface area contributed by atoms with Gasteiger partial charge in [-0.05, 0) is 13.8 Å². The van der Waals surface area contributed by atoms with Crippen LogP contribution < -0.4 is 5.32 Å². The van der Waals surface area contributed by atoms with Crippen molar-refractivity contribution >= 4 is 5.91 Å². The molecule has 1 fully saturated rings. The number of nitrogens with one attached hydrogen (secondary N) is 1. The van der Waals surface area contributed by atoms with Crippen LogP contribution in [0.3, 0.4) is 0 Å². The molecule has 0 aromatic rings. The minimum Gasteiger partial charge on any atom is -0.388 e. The van der Waals surface area contributed by atoms with Gasteiger partial charge in [-0.3, -0.25) is 9.69 Å². The average molecular weight is 198 g/mol. The van der Waals surface area contributed by atoms with Crippen LogP contribution in [0.5, 0.6) is 0 Å². The maximum Gasteiger partial charge on any atom is 0.237 e. The van der Waals surface area contributed by atoms with E-state index in [9.17, 15) is 9.90 Å². The largest absolute Gasteiger partial charge is 0.388 e.